The summed E-state index contributed by atoms with van der Waals surface area (Å²) in [5.41, 5.74) is 5.81. The number of ether oxygens (including phenoxy) is 1. The Balaban J connectivity index is 1.67. The van der Waals surface area contributed by atoms with E-state index >= 15 is 0 Å². The molecule has 1 fully saturated rings. The van der Waals surface area contributed by atoms with Gasteiger partial charge < -0.3 is 10.1 Å². The number of nitrogens with one attached hydrogen (secondary N) is 1. The van der Waals surface area contributed by atoms with Crippen LogP contribution in [-0.4, -0.2) is 47.7 Å². The Bertz CT molecular complexity index is 1610. The van der Waals surface area contributed by atoms with Crippen molar-refractivity contribution >= 4 is 32.5 Å². The highest BCUT2D eigenvalue weighted by Gasteiger charge is 2.32. The first kappa shape index (κ1) is 25.0. The van der Waals surface area contributed by atoms with Crippen molar-refractivity contribution < 1.29 is 17.9 Å². The second-order valence-corrected chi connectivity index (χ2v) is 11.8. The van der Waals surface area contributed by atoms with E-state index < -0.39 is 9.84 Å². The van der Waals surface area contributed by atoms with Crippen LogP contribution in [-0.2, 0) is 16.3 Å². The third kappa shape index (κ3) is 4.83. The average Bonchev–Trinajstić information content (AvgIpc) is 3.42. The van der Waals surface area contributed by atoms with E-state index in [0.29, 0.717) is 45.8 Å². The third-order valence-electron chi connectivity index (χ3n) is 6.90. The van der Waals surface area contributed by atoms with Crippen LogP contribution in [0.25, 0.3) is 22.3 Å². The summed E-state index contributed by atoms with van der Waals surface area (Å²) < 4.78 is 31.6. The summed E-state index contributed by atoms with van der Waals surface area (Å²) in [6, 6.07) is 15.1. The summed E-state index contributed by atoms with van der Waals surface area (Å²) in [6.45, 7) is 5.86. The number of anilines is 1. The van der Waals surface area contributed by atoms with Gasteiger partial charge in [0.05, 0.1) is 52.7 Å². The fourth-order valence-electron chi connectivity index (χ4n) is 4.88. The van der Waals surface area contributed by atoms with Crippen molar-refractivity contribution in [3.8, 4) is 17.0 Å². The normalized spacial score (nSPS) is 16.7. The van der Waals surface area contributed by atoms with Crippen LogP contribution in [0.4, 0.5) is 5.69 Å². The number of carbonyl (C=O) groups is 1. The maximum absolute atomic E-state index is 13.7. The average molecular weight is 519 g/mol. The first-order valence-electron chi connectivity index (χ1n) is 12.3. The van der Waals surface area contributed by atoms with Gasteiger partial charge >= 0.3 is 0 Å². The van der Waals surface area contributed by atoms with Gasteiger partial charge in [0.1, 0.15) is 5.75 Å². The molecule has 1 saturated heterocycles. The molecule has 0 saturated carbocycles. The van der Waals surface area contributed by atoms with E-state index in [0.717, 1.165) is 17.5 Å². The quantitative estimate of drug-likeness (QED) is 0.390. The summed E-state index contributed by atoms with van der Waals surface area (Å²) in [5, 5.41) is 8.30. The molecule has 192 valence electrons. The van der Waals surface area contributed by atoms with E-state index in [2.05, 4.69) is 17.3 Å². The zero-order valence-electron chi connectivity index (χ0n) is 21.4. The highest BCUT2D eigenvalue weighted by atomic mass is 32.2. The van der Waals surface area contributed by atoms with Gasteiger partial charge in [-0.1, -0.05) is 37.3 Å². The van der Waals surface area contributed by atoms with Crippen molar-refractivity contribution in [1.82, 2.24) is 14.8 Å². The lowest BCUT2D eigenvalue weighted by Crippen LogP contribution is -2.15. The molecule has 1 atom stereocenters. The third-order valence-corrected chi connectivity index (χ3v) is 8.65. The van der Waals surface area contributed by atoms with Crippen LogP contribution in [0.1, 0.15) is 46.6 Å². The number of pyridine rings is 1. The molecule has 5 rings (SSSR count). The highest BCUT2D eigenvalue weighted by Crippen LogP contribution is 2.33. The molecule has 9 heteroatoms. The fraction of sp³-hybridized carbons (Fsp3) is 0.321. The maximum Gasteiger partial charge on any atom is 0.256 e. The molecule has 1 amide bonds. The van der Waals surface area contributed by atoms with Gasteiger partial charge in [0, 0.05) is 5.56 Å². The van der Waals surface area contributed by atoms with Crippen LogP contribution >= 0.6 is 0 Å². The molecule has 0 aliphatic carbocycles. The Labute approximate surface area is 216 Å². The molecule has 2 aromatic heterocycles. The molecular weight excluding hydrogens is 488 g/mol. The van der Waals surface area contributed by atoms with Crippen molar-refractivity contribution in [2.24, 2.45) is 0 Å². The molecule has 0 bridgehead atoms. The maximum atomic E-state index is 13.7. The van der Waals surface area contributed by atoms with Crippen molar-refractivity contribution in [3.05, 3.63) is 70.9 Å². The van der Waals surface area contributed by atoms with E-state index in [1.165, 1.54) is 5.56 Å². The molecule has 1 aliphatic heterocycles. The minimum atomic E-state index is -3.13. The summed E-state index contributed by atoms with van der Waals surface area (Å²) in [7, 11) is -1.57. The molecule has 0 radical (unpaired) electrons. The van der Waals surface area contributed by atoms with Crippen LogP contribution in [0.3, 0.4) is 0 Å². The van der Waals surface area contributed by atoms with Gasteiger partial charge in [-0.15, -0.1) is 0 Å². The first-order chi connectivity index (χ1) is 17.7. The molecule has 2 aromatic carbocycles. The number of amides is 1. The van der Waals surface area contributed by atoms with E-state index in [-0.39, 0.29) is 23.5 Å². The second kappa shape index (κ2) is 9.63. The van der Waals surface area contributed by atoms with Crippen molar-refractivity contribution in [1.29, 1.82) is 0 Å². The Morgan fingerprint density at radius 1 is 1.14 bits per heavy atom. The number of nitrogens with zero attached hydrogens (tertiary/aromatic N) is 3. The number of hydrogen-bond donors (Lipinski definition) is 1. The van der Waals surface area contributed by atoms with Gasteiger partial charge in [-0.05, 0) is 56.0 Å². The van der Waals surface area contributed by atoms with Gasteiger partial charge in [0.25, 0.3) is 5.91 Å². The van der Waals surface area contributed by atoms with Crippen molar-refractivity contribution in [2.75, 3.05) is 23.9 Å². The van der Waals surface area contributed by atoms with Crippen LogP contribution in [0.2, 0.25) is 0 Å². The van der Waals surface area contributed by atoms with Gasteiger partial charge in [0.2, 0.25) is 0 Å². The zero-order valence-corrected chi connectivity index (χ0v) is 22.2. The molecule has 1 aliphatic rings. The van der Waals surface area contributed by atoms with Gasteiger partial charge in [-0.3, -0.25) is 4.79 Å². The number of aromatic nitrogens is 3. The molecule has 3 heterocycles. The van der Waals surface area contributed by atoms with Gasteiger partial charge in [0.15, 0.2) is 15.5 Å². The SMILES string of the molecule is CCc1ccc(-c2cc(C(=O)Nc3cc(C)ccc3OC)c3c(C)nn(C4CCS(=O)(=O)C4)c3n2)cc1. The number of aryl methyl sites for hydroxylation is 3. The smallest absolute Gasteiger partial charge is 0.256 e. The zero-order chi connectivity index (χ0) is 26.3. The number of rotatable bonds is 6. The lowest BCUT2D eigenvalue weighted by atomic mass is 10.0. The van der Waals surface area contributed by atoms with Crippen LogP contribution in [0.15, 0.2) is 48.5 Å². The summed E-state index contributed by atoms with van der Waals surface area (Å²) in [5.74, 6) is 0.381. The summed E-state index contributed by atoms with van der Waals surface area (Å²) in [6.07, 6.45) is 1.39. The number of sulfone groups is 1. The Kier molecular flexibility index (Phi) is 6.49. The molecule has 1 unspecified atom stereocenters. The largest absolute Gasteiger partial charge is 0.495 e. The number of benzene rings is 2. The molecule has 4 aromatic rings. The topological polar surface area (TPSA) is 103 Å². The summed E-state index contributed by atoms with van der Waals surface area (Å²) >= 11 is 0. The van der Waals surface area contributed by atoms with E-state index in [1.54, 1.807) is 17.9 Å². The fourth-order valence-corrected chi connectivity index (χ4v) is 6.58. The molecular formula is C28H30N4O4S. The van der Waals surface area contributed by atoms with E-state index in [9.17, 15) is 13.2 Å². The lowest BCUT2D eigenvalue weighted by Gasteiger charge is -2.14. The minimum Gasteiger partial charge on any atom is -0.495 e. The van der Waals surface area contributed by atoms with Gasteiger partial charge in [-0.25, -0.2) is 18.1 Å². The van der Waals surface area contributed by atoms with Crippen molar-refractivity contribution in [3.63, 3.8) is 0 Å². The Morgan fingerprint density at radius 2 is 1.89 bits per heavy atom. The van der Waals surface area contributed by atoms with Crippen LogP contribution in [0, 0.1) is 13.8 Å². The van der Waals surface area contributed by atoms with E-state index in [1.807, 2.05) is 56.3 Å². The first-order valence-corrected chi connectivity index (χ1v) is 14.2. The Hall–Kier alpha value is -3.72. The lowest BCUT2D eigenvalue weighted by molar-refractivity contribution is 0.102. The molecule has 8 nitrogen and oxygen atoms in total. The predicted octanol–water partition coefficient (Wildman–Crippen LogP) is 4.90. The number of methoxy groups -OCH3 is 1. The van der Waals surface area contributed by atoms with Crippen molar-refractivity contribution in [2.45, 2.75) is 39.7 Å². The number of hydrogen-bond acceptors (Lipinski definition) is 6. The van der Waals surface area contributed by atoms with Gasteiger partial charge in [-0.2, -0.15) is 5.10 Å². The molecule has 1 N–H and O–H groups in total. The molecule has 0 spiro atoms. The monoisotopic (exact) mass is 518 g/mol. The minimum absolute atomic E-state index is 0.0162. The van der Waals surface area contributed by atoms with E-state index in [4.69, 9.17) is 9.72 Å². The van der Waals surface area contributed by atoms with Crippen LogP contribution in [0.5, 0.6) is 5.75 Å². The second-order valence-electron chi connectivity index (χ2n) is 9.55. The predicted molar refractivity (Wildman–Crippen MR) is 145 cm³/mol. The summed E-state index contributed by atoms with van der Waals surface area (Å²) in [4.78, 5) is 18.7. The standard InChI is InChI=1S/C28H30N4O4S/c1-5-19-7-9-20(10-8-19)23-15-22(28(33)30-24-14-17(2)6-11-25(24)36-4)26-18(3)31-32(27(26)29-23)21-12-13-37(34,35)16-21/h6-11,14-15,21H,5,12-13,16H2,1-4H3,(H,30,33). The number of fused-ring (bicyclic) bond motifs is 1. The highest BCUT2D eigenvalue weighted by molar-refractivity contribution is 7.91. The van der Waals surface area contributed by atoms with Crippen LogP contribution < -0.4 is 10.1 Å². The Morgan fingerprint density at radius 3 is 2.54 bits per heavy atom. The number of carbonyl (C=O) groups excluding carboxylic acids is 1. The molecule has 37 heavy (non-hydrogen) atoms.